The van der Waals surface area contributed by atoms with Crippen LogP contribution in [-0.4, -0.2) is 27.8 Å². The van der Waals surface area contributed by atoms with Crippen LogP contribution >= 0.6 is 0 Å². The number of rotatable bonds is 5. The van der Waals surface area contributed by atoms with Gasteiger partial charge in [-0.05, 0) is 26.0 Å². The molecule has 0 saturated carbocycles. The second-order valence-electron chi connectivity index (χ2n) is 4.79. The van der Waals surface area contributed by atoms with Crippen molar-refractivity contribution < 1.29 is 14.3 Å². The monoisotopic (exact) mass is 290 g/mol. The molecule has 0 amide bonds. The number of nitrogens with two attached hydrogens (primary N) is 1. The number of carbonyl (C=O) groups excluding carboxylic acids is 1. The topological polar surface area (TPSA) is 92.3 Å². The molecule has 0 saturated heterocycles. The van der Waals surface area contributed by atoms with Crippen LogP contribution in [0.25, 0.3) is 0 Å². The highest BCUT2D eigenvalue weighted by molar-refractivity contribution is 5.91. The Morgan fingerprint density at radius 3 is 2.81 bits per heavy atom. The van der Waals surface area contributed by atoms with Gasteiger partial charge >= 0.3 is 5.97 Å². The van der Waals surface area contributed by atoms with Crippen molar-refractivity contribution >= 4 is 11.7 Å². The smallest absolute Gasteiger partial charge is 0.338 e. The van der Waals surface area contributed by atoms with Gasteiger partial charge in [-0.15, -0.1) is 0 Å². The SMILES string of the molecule is COc1cc(N)cc(C(=O)OCc2ncnn2C(C)C)c1. The van der Waals surface area contributed by atoms with E-state index in [-0.39, 0.29) is 12.6 Å². The molecule has 1 heterocycles. The van der Waals surface area contributed by atoms with E-state index in [0.717, 1.165) is 0 Å². The second kappa shape index (κ2) is 6.25. The number of nitrogens with zero attached hydrogens (tertiary/aromatic N) is 3. The zero-order chi connectivity index (χ0) is 15.4. The molecule has 0 fully saturated rings. The highest BCUT2D eigenvalue weighted by Gasteiger charge is 2.13. The third kappa shape index (κ3) is 3.50. The lowest BCUT2D eigenvalue weighted by Crippen LogP contribution is -2.12. The predicted molar refractivity (Wildman–Crippen MR) is 76.9 cm³/mol. The summed E-state index contributed by atoms with van der Waals surface area (Å²) >= 11 is 0. The van der Waals surface area contributed by atoms with E-state index in [1.807, 2.05) is 13.8 Å². The summed E-state index contributed by atoms with van der Waals surface area (Å²) in [6, 6.07) is 4.89. The van der Waals surface area contributed by atoms with Crippen molar-refractivity contribution in [3.63, 3.8) is 0 Å². The molecule has 2 N–H and O–H groups in total. The van der Waals surface area contributed by atoms with Gasteiger partial charge in [0, 0.05) is 17.8 Å². The molecule has 1 aromatic carbocycles. The Morgan fingerprint density at radius 2 is 2.14 bits per heavy atom. The highest BCUT2D eigenvalue weighted by Crippen LogP contribution is 2.19. The summed E-state index contributed by atoms with van der Waals surface area (Å²) in [5, 5.41) is 4.08. The molecule has 2 rings (SSSR count). The first-order chi connectivity index (χ1) is 10.0. The number of methoxy groups -OCH3 is 1. The van der Waals surface area contributed by atoms with Crippen LogP contribution in [0.3, 0.4) is 0 Å². The summed E-state index contributed by atoms with van der Waals surface area (Å²) in [5.74, 6) is 0.612. The van der Waals surface area contributed by atoms with Crippen molar-refractivity contribution in [1.29, 1.82) is 0 Å². The number of anilines is 1. The van der Waals surface area contributed by atoms with E-state index >= 15 is 0 Å². The third-order valence-electron chi connectivity index (χ3n) is 2.87. The highest BCUT2D eigenvalue weighted by atomic mass is 16.5. The molecule has 0 aliphatic rings. The molecule has 112 valence electrons. The number of esters is 1. The number of hydrogen-bond acceptors (Lipinski definition) is 6. The standard InChI is InChI=1S/C14H18N4O3/c1-9(2)18-13(16-8-17-18)7-21-14(19)10-4-11(15)6-12(5-10)20-3/h4-6,8-9H,7,15H2,1-3H3. The molecule has 21 heavy (non-hydrogen) atoms. The molecule has 0 unspecified atom stereocenters. The number of hydrogen-bond donors (Lipinski definition) is 1. The summed E-state index contributed by atoms with van der Waals surface area (Å²) < 4.78 is 12.0. The van der Waals surface area contributed by atoms with Gasteiger partial charge in [-0.25, -0.2) is 14.5 Å². The average molecular weight is 290 g/mol. The Balaban J connectivity index is 2.08. The van der Waals surface area contributed by atoms with Gasteiger partial charge < -0.3 is 15.2 Å². The van der Waals surface area contributed by atoms with Crippen LogP contribution in [0.15, 0.2) is 24.5 Å². The van der Waals surface area contributed by atoms with E-state index in [4.69, 9.17) is 15.2 Å². The number of benzene rings is 1. The molecular weight excluding hydrogens is 272 g/mol. The van der Waals surface area contributed by atoms with Gasteiger partial charge in [-0.2, -0.15) is 5.10 Å². The second-order valence-corrected chi connectivity index (χ2v) is 4.79. The number of carbonyl (C=O) groups is 1. The molecule has 2 aromatic rings. The first-order valence-electron chi connectivity index (χ1n) is 6.51. The van der Waals surface area contributed by atoms with E-state index in [1.165, 1.54) is 19.5 Å². The first-order valence-corrected chi connectivity index (χ1v) is 6.51. The van der Waals surface area contributed by atoms with Crippen molar-refractivity contribution in [2.75, 3.05) is 12.8 Å². The molecule has 1 aromatic heterocycles. The van der Waals surface area contributed by atoms with Gasteiger partial charge in [0.15, 0.2) is 12.4 Å². The Hall–Kier alpha value is -2.57. The Labute approximate surface area is 122 Å². The minimum absolute atomic E-state index is 0.0497. The molecule has 7 nitrogen and oxygen atoms in total. The lowest BCUT2D eigenvalue weighted by Gasteiger charge is -2.10. The zero-order valence-electron chi connectivity index (χ0n) is 12.2. The van der Waals surface area contributed by atoms with Crippen LogP contribution in [0.2, 0.25) is 0 Å². The van der Waals surface area contributed by atoms with E-state index in [2.05, 4.69) is 10.1 Å². The fourth-order valence-corrected chi connectivity index (χ4v) is 1.88. The van der Waals surface area contributed by atoms with Gasteiger partial charge in [-0.1, -0.05) is 0 Å². The first kappa shape index (κ1) is 14.8. The number of ether oxygens (including phenoxy) is 2. The van der Waals surface area contributed by atoms with Gasteiger partial charge in [0.25, 0.3) is 0 Å². The minimum atomic E-state index is -0.487. The van der Waals surface area contributed by atoms with Crippen LogP contribution < -0.4 is 10.5 Å². The van der Waals surface area contributed by atoms with Crippen LogP contribution in [-0.2, 0) is 11.3 Å². The van der Waals surface area contributed by atoms with E-state index in [9.17, 15) is 4.79 Å². The maximum Gasteiger partial charge on any atom is 0.338 e. The maximum atomic E-state index is 12.1. The van der Waals surface area contributed by atoms with E-state index < -0.39 is 5.97 Å². The van der Waals surface area contributed by atoms with Crippen LogP contribution in [0, 0.1) is 0 Å². The van der Waals surface area contributed by atoms with Crippen LogP contribution in [0.5, 0.6) is 5.75 Å². The Bertz CT molecular complexity index is 637. The molecule has 0 atom stereocenters. The predicted octanol–water partition coefficient (Wildman–Crippen LogP) is 1.81. The molecular formula is C14H18N4O3. The average Bonchev–Trinajstić information content (AvgIpc) is 2.92. The fraction of sp³-hybridized carbons (Fsp3) is 0.357. The van der Waals surface area contributed by atoms with Crippen molar-refractivity contribution in [2.45, 2.75) is 26.5 Å². The Kier molecular flexibility index (Phi) is 4.42. The molecule has 0 aliphatic heterocycles. The van der Waals surface area contributed by atoms with Gasteiger partial charge in [-0.3, -0.25) is 0 Å². The van der Waals surface area contributed by atoms with Gasteiger partial charge in [0.05, 0.1) is 12.7 Å². The van der Waals surface area contributed by atoms with E-state index in [1.54, 1.807) is 16.8 Å². The zero-order valence-corrected chi connectivity index (χ0v) is 12.2. The lowest BCUT2D eigenvalue weighted by molar-refractivity contribution is 0.0454. The van der Waals surface area contributed by atoms with Gasteiger partial charge in [0.2, 0.25) is 0 Å². The Morgan fingerprint density at radius 1 is 1.38 bits per heavy atom. The van der Waals surface area contributed by atoms with Crippen molar-refractivity contribution in [1.82, 2.24) is 14.8 Å². The number of nitrogen functional groups attached to an aromatic ring is 1. The van der Waals surface area contributed by atoms with Crippen LogP contribution in [0.1, 0.15) is 36.1 Å². The van der Waals surface area contributed by atoms with Crippen molar-refractivity contribution in [3.8, 4) is 5.75 Å². The number of aromatic nitrogens is 3. The largest absolute Gasteiger partial charge is 0.497 e. The minimum Gasteiger partial charge on any atom is -0.497 e. The van der Waals surface area contributed by atoms with Crippen molar-refractivity contribution in [3.05, 3.63) is 35.9 Å². The molecule has 0 radical (unpaired) electrons. The molecule has 0 spiro atoms. The quantitative estimate of drug-likeness (QED) is 0.667. The lowest BCUT2D eigenvalue weighted by atomic mass is 10.2. The normalized spacial score (nSPS) is 10.7. The van der Waals surface area contributed by atoms with Crippen LogP contribution in [0.4, 0.5) is 5.69 Å². The third-order valence-corrected chi connectivity index (χ3v) is 2.87. The summed E-state index contributed by atoms with van der Waals surface area (Å²) in [6.07, 6.45) is 1.44. The maximum absolute atomic E-state index is 12.1. The molecule has 7 heteroatoms. The molecule has 0 bridgehead atoms. The van der Waals surface area contributed by atoms with Crippen molar-refractivity contribution in [2.24, 2.45) is 0 Å². The summed E-state index contributed by atoms with van der Waals surface area (Å²) in [4.78, 5) is 16.1. The summed E-state index contributed by atoms with van der Waals surface area (Å²) in [5.41, 5.74) is 6.49. The van der Waals surface area contributed by atoms with E-state index in [0.29, 0.717) is 22.8 Å². The summed E-state index contributed by atoms with van der Waals surface area (Å²) in [7, 11) is 1.51. The van der Waals surface area contributed by atoms with Gasteiger partial charge in [0.1, 0.15) is 12.1 Å². The fourth-order valence-electron chi connectivity index (χ4n) is 1.88. The summed E-state index contributed by atoms with van der Waals surface area (Å²) in [6.45, 7) is 4.00. The molecule has 0 aliphatic carbocycles.